The fourth-order valence-corrected chi connectivity index (χ4v) is 2.25. The van der Waals surface area contributed by atoms with Crippen LogP contribution in [0.2, 0.25) is 0 Å². The molecule has 0 aliphatic rings. The molecule has 2 rings (SSSR count). The van der Waals surface area contributed by atoms with Crippen molar-refractivity contribution in [1.29, 1.82) is 0 Å². The summed E-state index contributed by atoms with van der Waals surface area (Å²) in [7, 11) is 1.84. The van der Waals surface area contributed by atoms with Gasteiger partial charge in [-0.1, -0.05) is 13.8 Å². The molecule has 5 nitrogen and oxygen atoms in total. The van der Waals surface area contributed by atoms with Crippen LogP contribution in [0.15, 0.2) is 23.0 Å². The van der Waals surface area contributed by atoms with Crippen LogP contribution in [0.5, 0.6) is 0 Å². The first-order valence-corrected chi connectivity index (χ1v) is 6.43. The molecular weight excluding hydrogens is 242 g/mol. The summed E-state index contributed by atoms with van der Waals surface area (Å²) in [6, 6.07) is 5.26. The predicted molar refractivity (Wildman–Crippen MR) is 75.5 cm³/mol. The van der Waals surface area contributed by atoms with E-state index in [-0.39, 0.29) is 23.3 Å². The summed E-state index contributed by atoms with van der Waals surface area (Å²) in [5, 5.41) is 3.06. The Morgan fingerprint density at radius 1 is 1.26 bits per heavy atom. The highest BCUT2D eigenvalue weighted by Crippen LogP contribution is 2.19. The van der Waals surface area contributed by atoms with Gasteiger partial charge in [-0.3, -0.25) is 4.79 Å². The van der Waals surface area contributed by atoms with E-state index in [1.54, 1.807) is 18.2 Å². The minimum absolute atomic E-state index is 0.0619. The fraction of sp³-hybridized carbons (Fsp3) is 0.429. The molecule has 1 heterocycles. The van der Waals surface area contributed by atoms with Crippen LogP contribution in [0.4, 0.5) is 0 Å². The number of hydrogen-bond donors (Lipinski definition) is 3. The topological polar surface area (TPSA) is 77.8 Å². The summed E-state index contributed by atoms with van der Waals surface area (Å²) in [6.45, 7) is 4.73. The van der Waals surface area contributed by atoms with Crippen molar-refractivity contribution in [2.45, 2.75) is 13.8 Å². The molecule has 3 N–H and O–H groups in total. The van der Waals surface area contributed by atoms with Crippen LogP contribution in [-0.2, 0) is 0 Å². The molecule has 0 saturated carbocycles. The van der Waals surface area contributed by atoms with E-state index >= 15 is 0 Å². The van der Waals surface area contributed by atoms with Crippen molar-refractivity contribution in [1.82, 2.24) is 15.3 Å². The maximum Gasteiger partial charge on any atom is 0.323 e. The van der Waals surface area contributed by atoms with Crippen molar-refractivity contribution in [2.75, 3.05) is 13.6 Å². The lowest BCUT2D eigenvalue weighted by molar-refractivity contribution is 0.0886. The van der Waals surface area contributed by atoms with Gasteiger partial charge in [0.2, 0.25) is 0 Å². The highest BCUT2D eigenvalue weighted by atomic mass is 16.1. The number of aromatic nitrogens is 2. The summed E-state index contributed by atoms with van der Waals surface area (Å²) in [6.07, 6.45) is 0. The molecule has 2 aromatic rings. The van der Waals surface area contributed by atoms with Crippen LogP contribution >= 0.6 is 0 Å². The van der Waals surface area contributed by atoms with E-state index in [9.17, 15) is 9.59 Å². The Morgan fingerprint density at radius 2 is 1.95 bits per heavy atom. The normalized spacial score (nSPS) is 13.1. The maximum absolute atomic E-state index is 12.5. The van der Waals surface area contributed by atoms with Crippen molar-refractivity contribution in [3.05, 3.63) is 34.2 Å². The zero-order valence-electron chi connectivity index (χ0n) is 11.4. The number of carbonyl (C=O) groups is 1. The molecule has 0 aliphatic heterocycles. The van der Waals surface area contributed by atoms with Crippen molar-refractivity contribution >= 4 is 16.8 Å². The molecule has 0 spiro atoms. The number of Topliss-reactive ketones (excluding diaryl/α,β-unsaturated/α-hetero) is 1. The Hall–Kier alpha value is -1.88. The van der Waals surface area contributed by atoms with Gasteiger partial charge >= 0.3 is 5.69 Å². The number of benzene rings is 1. The molecule has 0 aliphatic carbocycles. The largest absolute Gasteiger partial charge is 0.323 e. The third-order valence-corrected chi connectivity index (χ3v) is 3.37. The second-order valence-electron chi connectivity index (χ2n) is 5.11. The lowest BCUT2D eigenvalue weighted by Gasteiger charge is -2.19. The van der Waals surface area contributed by atoms with Crippen molar-refractivity contribution < 1.29 is 4.79 Å². The molecule has 5 heteroatoms. The zero-order valence-corrected chi connectivity index (χ0v) is 11.4. The number of H-pyrrole nitrogens is 2. The number of nitrogens with one attached hydrogen (secondary N) is 3. The summed E-state index contributed by atoms with van der Waals surface area (Å²) < 4.78 is 0. The Balaban J connectivity index is 2.36. The molecule has 0 amide bonds. The molecule has 1 aromatic heterocycles. The first-order valence-electron chi connectivity index (χ1n) is 6.43. The van der Waals surface area contributed by atoms with Gasteiger partial charge in [-0.2, -0.15) is 0 Å². The van der Waals surface area contributed by atoms with Gasteiger partial charge in [0.1, 0.15) is 0 Å². The molecule has 0 radical (unpaired) electrons. The second kappa shape index (κ2) is 5.40. The summed E-state index contributed by atoms with van der Waals surface area (Å²) in [5.74, 6) is 0.308. The Morgan fingerprint density at radius 3 is 2.58 bits per heavy atom. The molecule has 19 heavy (non-hydrogen) atoms. The monoisotopic (exact) mass is 261 g/mol. The summed E-state index contributed by atoms with van der Waals surface area (Å²) in [4.78, 5) is 29.0. The lowest BCUT2D eigenvalue weighted by atomic mass is 9.88. The molecule has 102 valence electrons. The van der Waals surface area contributed by atoms with Crippen LogP contribution in [-0.4, -0.2) is 29.3 Å². The van der Waals surface area contributed by atoms with Gasteiger partial charge in [0, 0.05) is 18.0 Å². The van der Waals surface area contributed by atoms with E-state index in [0.717, 1.165) is 5.52 Å². The van der Waals surface area contributed by atoms with Crippen LogP contribution < -0.4 is 11.0 Å². The van der Waals surface area contributed by atoms with Crippen LogP contribution in [0.25, 0.3) is 11.0 Å². The average molecular weight is 261 g/mol. The van der Waals surface area contributed by atoms with Crippen LogP contribution in [0.1, 0.15) is 24.2 Å². The van der Waals surface area contributed by atoms with Gasteiger partial charge < -0.3 is 15.3 Å². The summed E-state index contributed by atoms with van der Waals surface area (Å²) >= 11 is 0. The molecular formula is C14H19N3O2. The predicted octanol–water partition coefficient (Wildman–Crippen LogP) is 1.53. The molecule has 1 atom stereocenters. The van der Waals surface area contributed by atoms with Gasteiger partial charge in [-0.05, 0) is 31.2 Å². The van der Waals surface area contributed by atoms with Gasteiger partial charge in [-0.25, -0.2) is 4.79 Å². The molecule has 0 fully saturated rings. The minimum Gasteiger partial charge on any atom is -0.319 e. The number of fused-ring (bicyclic) bond motifs is 1. The van der Waals surface area contributed by atoms with Crippen molar-refractivity contribution in [2.24, 2.45) is 11.8 Å². The third kappa shape index (κ3) is 2.76. The highest BCUT2D eigenvalue weighted by Gasteiger charge is 2.23. The first kappa shape index (κ1) is 13.5. The standard InChI is InChI=1S/C14H19N3O2/c1-8(2)10(7-15-3)13(18)9-4-5-11-12(6-9)17-14(19)16-11/h4-6,8,10,15H,7H2,1-3H3,(H2,16,17,19). The number of imidazole rings is 1. The Bertz CT molecular complexity index is 639. The first-order chi connectivity index (χ1) is 9.02. The van der Waals surface area contributed by atoms with E-state index in [4.69, 9.17) is 0 Å². The van der Waals surface area contributed by atoms with Crippen LogP contribution in [0, 0.1) is 11.8 Å². The van der Waals surface area contributed by atoms with Gasteiger partial charge in [0.05, 0.1) is 11.0 Å². The van der Waals surface area contributed by atoms with E-state index in [0.29, 0.717) is 17.6 Å². The smallest absolute Gasteiger partial charge is 0.319 e. The second-order valence-corrected chi connectivity index (χ2v) is 5.11. The van der Waals surface area contributed by atoms with Gasteiger partial charge in [0.15, 0.2) is 5.78 Å². The van der Waals surface area contributed by atoms with Gasteiger partial charge in [-0.15, -0.1) is 0 Å². The average Bonchev–Trinajstić information content (AvgIpc) is 2.73. The lowest BCUT2D eigenvalue weighted by Crippen LogP contribution is -2.30. The SMILES string of the molecule is CNCC(C(=O)c1ccc2[nH]c(=O)[nH]c2c1)C(C)C. The fourth-order valence-electron chi connectivity index (χ4n) is 2.25. The number of hydrogen-bond acceptors (Lipinski definition) is 3. The highest BCUT2D eigenvalue weighted by molar-refractivity contribution is 6.00. The molecule has 0 bridgehead atoms. The van der Waals surface area contributed by atoms with E-state index in [2.05, 4.69) is 15.3 Å². The Labute approximate surface area is 111 Å². The van der Waals surface area contributed by atoms with E-state index < -0.39 is 0 Å². The van der Waals surface area contributed by atoms with Crippen molar-refractivity contribution in [3.8, 4) is 0 Å². The minimum atomic E-state index is -0.254. The number of rotatable bonds is 5. The van der Waals surface area contributed by atoms with Crippen LogP contribution in [0.3, 0.4) is 0 Å². The molecule has 1 unspecified atom stereocenters. The molecule has 0 saturated heterocycles. The van der Waals surface area contributed by atoms with Gasteiger partial charge in [0.25, 0.3) is 0 Å². The van der Waals surface area contributed by atoms with E-state index in [1.807, 2.05) is 20.9 Å². The third-order valence-electron chi connectivity index (χ3n) is 3.37. The van der Waals surface area contributed by atoms with Crippen molar-refractivity contribution in [3.63, 3.8) is 0 Å². The zero-order chi connectivity index (χ0) is 14.0. The maximum atomic E-state index is 12.5. The Kier molecular flexibility index (Phi) is 3.85. The molecule has 1 aromatic carbocycles. The number of aromatic amines is 2. The number of ketones is 1. The summed E-state index contributed by atoms with van der Waals surface area (Å²) in [5.41, 5.74) is 1.77. The quantitative estimate of drug-likeness (QED) is 0.714. The number of carbonyl (C=O) groups excluding carboxylic acids is 1. The van der Waals surface area contributed by atoms with E-state index in [1.165, 1.54) is 0 Å².